The normalized spacial score (nSPS) is 10.3. The van der Waals surface area contributed by atoms with Crippen LogP contribution in [0.15, 0.2) is 55.1 Å². The van der Waals surface area contributed by atoms with Gasteiger partial charge in [0, 0.05) is 36.8 Å². The third-order valence-electron chi connectivity index (χ3n) is 3.29. The lowest BCUT2D eigenvalue weighted by atomic mass is 10.2. The molecule has 0 radical (unpaired) electrons. The Morgan fingerprint density at radius 2 is 1.80 bits per heavy atom. The molecule has 0 fully saturated rings. The van der Waals surface area contributed by atoms with Crippen molar-refractivity contribution in [3.05, 3.63) is 78.0 Å². The fraction of sp³-hybridized carbons (Fsp3) is 0.0588. The molecule has 3 aromatic rings. The lowest BCUT2D eigenvalue weighted by Crippen LogP contribution is -2.24. The second kappa shape index (κ2) is 7.43. The van der Waals surface area contributed by atoms with E-state index in [1.165, 1.54) is 18.5 Å². The van der Waals surface area contributed by atoms with Crippen molar-refractivity contribution >= 4 is 17.4 Å². The quantitative estimate of drug-likeness (QED) is 0.746. The van der Waals surface area contributed by atoms with E-state index in [1.807, 2.05) is 0 Å². The van der Waals surface area contributed by atoms with Crippen molar-refractivity contribution in [3.63, 3.8) is 0 Å². The van der Waals surface area contributed by atoms with Crippen LogP contribution < -0.4 is 10.6 Å². The van der Waals surface area contributed by atoms with E-state index in [0.717, 1.165) is 17.7 Å². The van der Waals surface area contributed by atoms with E-state index < -0.39 is 11.6 Å². The average molecular weight is 341 g/mol. The third kappa shape index (κ3) is 4.31. The van der Waals surface area contributed by atoms with E-state index in [0.29, 0.717) is 12.2 Å². The van der Waals surface area contributed by atoms with E-state index in [4.69, 9.17) is 0 Å². The molecule has 1 amide bonds. The summed E-state index contributed by atoms with van der Waals surface area (Å²) in [5.41, 5.74) is 1.35. The van der Waals surface area contributed by atoms with E-state index >= 15 is 0 Å². The second-order valence-corrected chi connectivity index (χ2v) is 5.08. The minimum Gasteiger partial charge on any atom is -0.347 e. The summed E-state index contributed by atoms with van der Waals surface area (Å²) < 4.78 is 26.2. The minimum atomic E-state index is -0.977. The molecule has 1 aromatic carbocycles. The standard InChI is InChI=1S/C17H13F2N5O/c18-13-2-1-12(7-14(13)19)24-16-8-15(22-10-23-16)17(25)21-9-11-3-5-20-6-4-11/h1-8,10H,9H2,(H,21,25)(H,22,23,24). The molecular formula is C17H13F2N5O. The van der Waals surface area contributed by atoms with Gasteiger partial charge in [-0.15, -0.1) is 0 Å². The van der Waals surface area contributed by atoms with Crippen molar-refractivity contribution in [1.82, 2.24) is 20.3 Å². The number of halogens is 2. The van der Waals surface area contributed by atoms with E-state index in [9.17, 15) is 13.6 Å². The molecule has 8 heteroatoms. The molecule has 0 saturated heterocycles. The van der Waals surface area contributed by atoms with Crippen LogP contribution in [-0.2, 0) is 6.54 Å². The van der Waals surface area contributed by atoms with Crippen LogP contribution in [0.5, 0.6) is 0 Å². The summed E-state index contributed by atoms with van der Waals surface area (Å²) in [7, 11) is 0. The number of aromatic nitrogens is 3. The predicted molar refractivity (Wildman–Crippen MR) is 87.1 cm³/mol. The number of hydrogen-bond acceptors (Lipinski definition) is 5. The number of nitrogens with one attached hydrogen (secondary N) is 2. The van der Waals surface area contributed by atoms with Gasteiger partial charge in [0.05, 0.1) is 0 Å². The van der Waals surface area contributed by atoms with Crippen LogP contribution in [0.25, 0.3) is 0 Å². The summed E-state index contributed by atoms with van der Waals surface area (Å²) in [4.78, 5) is 23.9. The van der Waals surface area contributed by atoms with E-state index in [2.05, 4.69) is 25.6 Å². The van der Waals surface area contributed by atoms with Gasteiger partial charge in [0.25, 0.3) is 5.91 Å². The molecule has 0 bridgehead atoms. The molecule has 0 aliphatic heterocycles. The van der Waals surface area contributed by atoms with Crippen LogP contribution in [0.2, 0.25) is 0 Å². The molecule has 0 atom stereocenters. The predicted octanol–water partition coefficient (Wildman–Crippen LogP) is 2.82. The second-order valence-electron chi connectivity index (χ2n) is 5.08. The summed E-state index contributed by atoms with van der Waals surface area (Å²) >= 11 is 0. The molecule has 0 spiro atoms. The van der Waals surface area contributed by atoms with Crippen LogP contribution >= 0.6 is 0 Å². The summed E-state index contributed by atoms with van der Waals surface area (Å²) in [6.45, 7) is 0.331. The van der Waals surface area contributed by atoms with Gasteiger partial charge in [-0.25, -0.2) is 18.7 Å². The number of hydrogen-bond donors (Lipinski definition) is 2. The van der Waals surface area contributed by atoms with Crippen molar-refractivity contribution in [2.75, 3.05) is 5.32 Å². The van der Waals surface area contributed by atoms with Gasteiger partial charge in [0.2, 0.25) is 0 Å². The third-order valence-corrected chi connectivity index (χ3v) is 3.29. The van der Waals surface area contributed by atoms with Gasteiger partial charge in [-0.2, -0.15) is 0 Å². The van der Waals surface area contributed by atoms with Crippen molar-refractivity contribution in [2.45, 2.75) is 6.54 Å². The first kappa shape index (κ1) is 16.4. The first-order valence-electron chi connectivity index (χ1n) is 7.33. The molecule has 3 rings (SSSR count). The molecule has 0 aliphatic rings. The Labute approximate surface area is 142 Å². The lowest BCUT2D eigenvalue weighted by Gasteiger charge is -2.08. The monoisotopic (exact) mass is 341 g/mol. The van der Waals surface area contributed by atoms with Gasteiger partial charge >= 0.3 is 0 Å². The molecule has 25 heavy (non-hydrogen) atoms. The number of anilines is 2. The largest absolute Gasteiger partial charge is 0.347 e. The van der Waals surface area contributed by atoms with Gasteiger partial charge in [0.1, 0.15) is 17.8 Å². The van der Waals surface area contributed by atoms with Crippen molar-refractivity contribution < 1.29 is 13.6 Å². The minimum absolute atomic E-state index is 0.147. The van der Waals surface area contributed by atoms with Gasteiger partial charge in [-0.05, 0) is 29.8 Å². The van der Waals surface area contributed by atoms with Gasteiger partial charge in [0.15, 0.2) is 11.6 Å². The fourth-order valence-electron chi connectivity index (χ4n) is 2.05. The molecule has 0 unspecified atom stereocenters. The zero-order chi connectivity index (χ0) is 17.6. The Morgan fingerprint density at radius 3 is 2.56 bits per heavy atom. The summed E-state index contributed by atoms with van der Waals surface area (Å²) in [6, 6.07) is 8.36. The maximum absolute atomic E-state index is 13.2. The Morgan fingerprint density at radius 1 is 1.00 bits per heavy atom. The highest BCUT2D eigenvalue weighted by Crippen LogP contribution is 2.17. The molecule has 2 aromatic heterocycles. The number of pyridine rings is 1. The first-order valence-corrected chi connectivity index (χ1v) is 7.33. The number of carbonyl (C=O) groups excluding carboxylic acids is 1. The fourth-order valence-corrected chi connectivity index (χ4v) is 2.05. The van der Waals surface area contributed by atoms with Crippen molar-refractivity contribution in [3.8, 4) is 0 Å². The zero-order valence-corrected chi connectivity index (χ0v) is 12.9. The van der Waals surface area contributed by atoms with Gasteiger partial charge < -0.3 is 10.6 Å². The Bertz CT molecular complexity index is 889. The highest BCUT2D eigenvalue weighted by atomic mass is 19.2. The van der Waals surface area contributed by atoms with Crippen molar-refractivity contribution in [1.29, 1.82) is 0 Å². The Kier molecular flexibility index (Phi) is 4.89. The topological polar surface area (TPSA) is 79.8 Å². The van der Waals surface area contributed by atoms with Crippen LogP contribution in [0.4, 0.5) is 20.3 Å². The number of amides is 1. The van der Waals surface area contributed by atoms with E-state index in [-0.39, 0.29) is 17.4 Å². The number of nitrogens with zero attached hydrogens (tertiary/aromatic N) is 3. The molecular weight excluding hydrogens is 328 g/mol. The molecule has 6 nitrogen and oxygen atoms in total. The molecule has 0 aliphatic carbocycles. The maximum atomic E-state index is 13.2. The Balaban J connectivity index is 1.68. The SMILES string of the molecule is O=C(NCc1ccncc1)c1cc(Nc2ccc(F)c(F)c2)ncn1. The maximum Gasteiger partial charge on any atom is 0.270 e. The Hall–Kier alpha value is -3.42. The molecule has 2 N–H and O–H groups in total. The summed E-state index contributed by atoms with van der Waals surface area (Å²) in [6.07, 6.45) is 4.48. The summed E-state index contributed by atoms with van der Waals surface area (Å²) in [5.74, 6) is -2.01. The highest BCUT2D eigenvalue weighted by Gasteiger charge is 2.09. The highest BCUT2D eigenvalue weighted by molar-refractivity contribution is 5.92. The van der Waals surface area contributed by atoms with Gasteiger partial charge in [-0.3, -0.25) is 9.78 Å². The lowest BCUT2D eigenvalue weighted by molar-refractivity contribution is 0.0946. The van der Waals surface area contributed by atoms with Crippen molar-refractivity contribution in [2.24, 2.45) is 0 Å². The molecule has 126 valence electrons. The number of rotatable bonds is 5. The number of benzene rings is 1. The van der Waals surface area contributed by atoms with Crippen LogP contribution in [-0.4, -0.2) is 20.9 Å². The molecule has 2 heterocycles. The smallest absolute Gasteiger partial charge is 0.270 e. The first-order chi connectivity index (χ1) is 12.1. The van der Waals surface area contributed by atoms with Crippen LogP contribution in [0.1, 0.15) is 16.1 Å². The van der Waals surface area contributed by atoms with Crippen LogP contribution in [0, 0.1) is 11.6 Å². The van der Waals surface area contributed by atoms with E-state index in [1.54, 1.807) is 24.5 Å². The van der Waals surface area contributed by atoms with Crippen LogP contribution in [0.3, 0.4) is 0 Å². The molecule has 0 saturated carbocycles. The summed E-state index contributed by atoms with van der Waals surface area (Å²) in [5, 5.41) is 5.52. The number of carbonyl (C=O) groups is 1. The van der Waals surface area contributed by atoms with Gasteiger partial charge in [-0.1, -0.05) is 0 Å². The average Bonchev–Trinajstić information content (AvgIpc) is 2.64. The zero-order valence-electron chi connectivity index (χ0n) is 12.9.